The second-order valence-electron chi connectivity index (χ2n) is 9.43. The molecule has 1 heterocycles. The highest BCUT2D eigenvalue weighted by Crippen LogP contribution is 2.42. The van der Waals surface area contributed by atoms with Crippen molar-refractivity contribution in [1.29, 1.82) is 0 Å². The van der Waals surface area contributed by atoms with Crippen molar-refractivity contribution >= 4 is 14.3 Å². The second kappa shape index (κ2) is 8.39. The van der Waals surface area contributed by atoms with Crippen LogP contribution < -0.4 is 0 Å². The summed E-state index contributed by atoms with van der Waals surface area (Å²) in [7, 11) is -1.77. The number of fused-ring (bicyclic) bond motifs is 1. The first kappa shape index (κ1) is 20.7. The molecule has 4 heteroatoms. The zero-order chi connectivity index (χ0) is 18.7. The SMILES string of the molecule is CCCCC[C@@H](/C=C/[C@H]1CC[C@@H]2OC(=O)C[C@@H]21)O[Si](C)(C)C(C)(C)C. The van der Waals surface area contributed by atoms with E-state index in [1.807, 2.05) is 0 Å². The maximum absolute atomic E-state index is 11.5. The summed E-state index contributed by atoms with van der Waals surface area (Å²) in [5.41, 5.74) is 0. The van der Waals surface area contributed by atoms with E-state index in [4.69, 9.17) is 9.16 Å². The van der Waals surface area contributed by atoms with E-state index in [1.54, 1.807) is 0 Å². The van der Waals surface area contributed by atoms with Crippen LogP contribution in [-0.2, 0) is 14.0 Å². The summed E-state index contributed by atoms with van der Waals surface area (Å²) >= 11 is 0. The predicted molar refractivity (Wildman–Crippen MR) is 106 cm³/mol. The molecule has 0 radical (unpaired) electrons. The Labute approximate surface area is 155 Å². The first-order chi connectivity index (χ1) is 11.6. The smallest absolute Gasteiger partial charge is 0.306 e. The van der Waals surface area contributed by atoms with Gasteiger partial charge in [-0.05, 0) is 43.3 Å². The van der Waals surface area contributed by atoms with Crippen LogP contribution in [0.2, 0.25) is 18.1 Å². The Kier molecular flexibility index (Phi) is 6.94. The minimum atomic E-state index is -1.77. The van der Waals surface area contributed by atoms with Gasteiger partial charge in [-0.25, -0.2) is 0 Å². The van der Waals surface area contributed by atoms with E-state index in [-0.39, 0.29) is 23.2 Å². The van der Waals surface area contributed by atoms with E-state index in [2.05, 4.69) is 52.9 Å². The molecule has 2 aliphatic rings. The molecule has 1 aliphatic carbocycles. The molecule has 1 aliphatic heterocycles. The summed E-state index contributed by atoms with van der Waals surface area (Å²) < 4.78 is 12.1. The lowest BCUT2D eigenvalue weighted by Gasteiger charge is -2.38. The van der Waals surface area contributed by atoms with Crippen LogP contribution in [0.4, 0.5) is 0 Å². The third-order valence-electron chi connectivity index (χ3n) is 6.41. The van der Waals surface area contributed by atoms with E-state index in [9.17, 15) is 4.79 Å². The Morgan fingerprint density at radius 1 is 1.28 bits per heavy atom. The van der Waals surface area contributed by atoms with Crippen molar-refractivity contribution < 1.29 is 14.0 Å². The number of hydrogen-bond acceptors (Lipinski definition) is 3. The van der Waals surface area contributed by atoms with Gasteiger partial charge in [0.05, 0.1) is 12.5 Å². The number of hydrogen-bond donors (Lipinski definition) is 0. The molecular weight excluding hydrogens is 328 g/mol. The average Bonchev–Trinajstić information content (AvgIpc) is 3.02. The van der Waals surface area contributed by atoms with Crippen molar-refractivity contribution in [2.45, 2.75) is 103 Å². The van der Waals surface area contributed by atoms with Gasteiger partial charge >= 0.3 is 5.97 Å². The molecule has 0 bridgehead atoms. The van der Waals surface area contributed by atoms with Crippen LogP contribution in [0, 0.1) is 11.8 Å². The van der Waals surface area contributed by atoms with Gasteiger partial charge in [-0.15, -0.1) is 0 Å². The van der Waals surface area contributed by atoms with Gasteiger partial charge in [0.15, 0.2) is 8.32 Å². The van der Waals surface area contributed by atoms with Crippen molar-refractivity contribution in [1.82, 2.24) is 0 Å². The first-order valence-electron chi connectivity index (χ1n) is 10.2. The fraction of sp³-hybridized carbons (Fsp3) is 0.857. The number of allylic oxidation sites excluding steroid dienone is 1. The Morgan fingerprint density at radius 3 is 2.64 bits per heavy atom. The van der Waals surface area contributed by atoms with Crippen LogP contribution in [0.15, 0.2) is 12.2 Å². The molecule has 0 spiro atoms. The van der Waals surface area contributed by atoms with Gasteiger partial charge in [-0.3, -0.25) is 4.79 Å². The van der Waals surface area contributed by atoms with Crippen LogP contribution >= 0.6 is 0 Å². The van der Waals surface area contributed by atoms with Gasteiger partial charge in [0, 0.05) is 5.92 Å². The van der Waals surface area contributed by atoms with E-state index in [0.29, 0.717) is 18.3 Å². The molecule has 0 aromatic rings. The summed E-state index contributed by atoms with van der Waals surface area (Å²) in [6.07, 6.45) is 12.6. The van der Waals surface area contributed by atoms with E-state index < -0.39 is 8.32 Å². The van der Waals surface area contributed by atoms with Crippen molar-refractivity contribution in [2.24, 2.45) is 11.8 Å². The quantitative estimate of drug-likeness (QED) is 0.234. The third kappa shape index (κ3) is 5.43. The minimum Gasteiger partial charge on any atom is -0.462 e. The van der Waals surface area contributed by atoms with Crippen molar-refractivity contribution in [3.05, 3.63) is 12.2 Å². The molecule has 4 atom stereocenters. The van der Waals surface area contributed by atoms with Gasteiger partial charge < -0.3 is 9.16 Å². The zero-order valence-corrected chi connectivity index (χ0v) is 18.1. The van der Waals surface area contributed by atoms with Crippen LogP contribution in [-0.4, -0.2) is 26.5 Å². The molecular formula is C21H38O3Si. The molecule has 0 N–H and O–H groups in total. The summed E-state index contributed by atoms with van der Waals surface area (Å²) in [5, 5.41) is 0.230. The normalized spacial score (nSPS) is 28.4. The van der Waals surface area contributed by atoms with Gasteiger partial charge in [0.2, 0.25) is 0 Å². The molecule has 25 heavy (non-hydrogen) atoms. The zero-order valence-electron chi connectivity index (χ0n) is 17.1. The number of unbranched alkanes of at least 4 members (excludes halogenated alkanes) is 2. The first-order valence-corrected chi connectivity index (χ1v) is 13.1. The predicted octanol–water partition coefficient (Wildman–Crippen LogP) is 5.86. The molecule has 2 rings (SSSR count). The van der Waals surface area contributed by atoms with Gasteiger partial charge in [0.25, 0.3) is 0 Å². The molecule has 0 aromatic heterocycles. The summed E-state index contributed by atoms with van der Waals surface area (Å²) in [6, 6.07) is 0. The van der Waals surface area contributed by atoms with E-state index >= 15 is 0 Å². The number of rotatable bonds is 8. The fourth-order valence-corrected chi connectivity index (χ4v) is 5.06. The van der Waals surface area contributed by atoms with E-state index in [0.717, 1.165) is 19.3 Å². The topological polar surface area (TPSA) is 35.5 Å². The highest BCUT2D eigenvalue weighted by molar-refractivity contribution is 6.74. The number of carbonyl (C=O) groups is 1. The fourth-order valence-electron chi connectivity index (χ4n) is 3.75. The highest BCUT2D eigenvalue weighted by atomic mass is 28.4. The monoisotopic (exact) mass is 366 g/mol. The maximum atomic E-state index is 11.5. The lowest BCUT2D eigenvalue weighted by Crippen LogP contribution is -2.43. The Bertz CT molecular complexity index is 478. The molecule has 0 unspecified atom stereocenters. The number of ether oxygens (including phenoxy) is 1. The third-order valence-corrected chi connectivity index (χ3v) is 10.9. The molecule has 2 fully saturated rings. The van der Waals surface area contributed by atoms with Crippen molar-refractivity contribution in [3.8, 4) is 0 Å². The second-order valence-corrected chi connectivity index (χ2v) is 14.2. The molecule has 144 valence electrons. The van der Waals surface area contributed by atoms with Crippen LogP contribution in [0.25, 0.3) is 0 Å². The van der Waals surface area contributed by atoms with Gasteiger partial charge in [0.1, 0.15) is 6.10 Å². The van der Waals surface area contributed by atoms with Crippen LogP contribution in [0.1, 0.15) is 72.6 Å². The summed E-state index contributed by atoms with van der Waals surface area (Å²) in [6.45, 7) is 13.8. The Balaban J connectivity index is 2.01. The van der Waals surface area contributed by atoms with E-state index in [1.165, 1.54) is 19.3 Å². The van der Waals surface area contributed by atoms with Crippen molar-refractivity contribution in [3.63, 3.8) is 0 Å². The molecule has 3 nitrogen and oxygen atoms in total. The number of carbonyl (C=O) groups excluding carboxylic acids is 1. The summed E-state index contributed by atoms with van der Waals surface area (Å²) in [5.74, 6) is 0.867. The van der Waals surface area contributed by atoms with Gasteiger partial charge in [-0.1, -0.05) is 59.1 Å². The Morgan fingerprint density at radius 2 is 2.00 bits per heavy atom. The standard InChI is InChI=1S/C21H38O3Si/c1-7-8-9-10-17(24-25(5,6)21(2,3)4)13-11-16-12-14-19-18(16)15-20(22)23-19/h11,13,16-19H,7-10,12,14-15H2,1-6H3/b13-11+/t16-,17-,18+,19-/m0/s1. The van der Waals surface area contributed by atoms with Gasteiger partial charge in [-0.2, -0.15) is 0 Å². The minimum absolute atomic E-state index is 0.00915. The lowest BCUT2D eigenvalue weighted by molar-refractivity contribution is -0.141. The average molecular weight is 367 g/mol. The molecule has 0 amide bonds. The molecule has 1 saturated carbocycles. The summed E-state index contributed by atoms with van der Waals surface area (Å²) in [4.78, 5) is 11.5. The number of esters is 1. The van der Waals surface area contributed by atoms with Crippen LogP contribution in [0.5, 0.6) is 0 Å². The highest BCUT2D eigenvalue weighted by Gasteiger charge is 2.44. The molecule has 0 aromatic carbocycles. The largest absolute Gasteiger partial charge is 0.462 e. The lowest BCUT2D eigenvalue weighted by atomic mass is 9.92. The van der Waals surface area contributed by atoms with Crippen LogP contribution in [0.3, 0.4) is 0 Å². The maximum Gasteiger partial charge on any atom is 0.306 e. The van der Waals surface area contributed by atoms with Crippen molar-refractivity contribution in [2.75, 3.05) is 0 Å². The Hall–Kier alpha value is -0.613. The molecule has 1 saturated heterocycles.